The third kappa shape index (κ3) is 4.98. The van der Waals surface area contributed by atoms with Gasteiger partial charge in [0.25, 0.3) is 0 Å². The maximum Gasteiger partial charge on any atom is 0.157 e. The highest BCUT2D eigenvalue weighted by atomic mass is 32.2. The van der Waals surface area contributed by atoms with E-state index in [1.807, 2.05) is 11.8 Å². The second-order valence-corrected chi connectivity index (χ2v) is 9.00. The molecule has 2 rings (SSSR count). The SMILES string of the molecule is CCC(NC1=NCC(CC(C)(C)C)S1)C1CCCCC1. The maximum absolute atomic E-state index is 4.75. The smallest absolute Gasteiger partial charge is 0.157 e. The first kappa shape index (κ1) is 16.2. The van der Waals surface area contributed by atoms with Crippen LogP contribution < -0.4 is 5.32 Å². The summed E-state index contributed by atoms with van der Waals surface area (Å²) in [6.07, 6.45) is 9.60. The van der Waals surface area contributed by atoms with Crippen LogP contribution in [0.4, 0.5) is 0 Å². The Labute approximate surface area is 129 Å². The van der Waals surface area contributed by atoms with E-state index >= 15 is 0 Å². The van der Waals surface area contributed by atoms with Crippen molar-refractivity contribution >= 4 is 16.9 Å². The van der Waals surface area contributed by atoms with E-state index in [1.54, 1.807) is 0 Å². The Morgan fingerprint density at radius 3 is 2.55 bits per heavy atom. The van der Waals surface area contributed by atoms with Crippen molar-refractivity contribution in [2.24, 2.45) is 16.3 Å². The molecule has 2 aliphatic rings. The minimum atomic E-state index is 0.413. The van der Waals surface area contributed by atoms with Crippen LogP contribution in [0.2, 0.25) is 0 Å². The average molecular weight is 297 g/mol. The third-order valence-corrected chi connectivity index (χ3v) is 5.64. The van der Waals surface area contributed by atoms with Crippen molar-refractivity contribution in [3.05, 3.63) is 0 Å². The lowest BCUT2D eigenvalue weighted by molar-refractivity contribution is 0.284. The van der Waals surface area contributed by atoms with E-state index in [2.05, 4.69) is 33.0 Å². The van der Waals surface area contributed by atoms with E-state index < -0.39 is 0 Å². The van der Waals surface area contributed by atoms with Gasteiger partial charge in [0.2, 0.25) is 0 Å². The molecule has 1 saturated carbocycles. The van der Waals surface area contributed by atoms with E-state index in [1.165, 1.54) is 50.1 Å². The van der Waals surface area contributed by atoms with Gasteiger partial charge in [0, 0.05) is 11.3 Å². The highest BCUT2D eigenvalue weighted by molar-refractivity contribution is 8.14. The largest absolute Gasteiger partial charge is 0.362 e. The van der Waals surface area contributed by atoms with Gasteiger partial charge in [-0.1, -0.05) is 58.7 Å². The fourth-order valence-electron chi connectivity index (χ4n) is 3.53. The van der Waals surface area contributed by atoms with Crippen molar-refractivity contribution in [3.63, 3.8) is 0 Å². The molecule has 2 unspecified atom stereocenters. The normalized spacial score (nSPS) is 26.4. The van der Waals surface area contributed by atoms with Gasteiger partial charge in [0.05, 0.1) is 6.54 Å². The van der Waals surface area contributed by atoms with E-state index in [0.29, 0.717) is 16.7 Å². The molecular formula is C17H32N2S. The Bertz CT molecular complexity index is 326. The Balaban J connectivity index is 1.80. The lowest BCUT2D eigenvalue weighted by Crippen LogP contribution is -2.39. The van der Waals surface area contributed by atoms with Gasteiger partial charge in [0.1, 0.15) is 0 Å². The summed E-state index contributed by atoms with van der Waals surface area (Å²) in [5.74, 6) is 0.874. The number of rotatable bonds is 4. The molecule has 0 radical (unpaired) electrons. The van der Waals surface area contributed by atoms with Crippen molar-refractivity contribution in [3.8, 4) is 0 Å². The summed E-state index contributed by atoms with van der Waals surface area (Å²) in [5, 5.41) is 5.66. The van der Waals surface area contributed by atoms with E-state index in [0.717, 1.165) is 12.5 Å². The first-order chi connectivity index (χ1) is 9.48. The molecule has 0 aromatic heterocycles. The van der Waals surface area contributed by atoms with Crippen LogP contribution in [0.5, 0.6) is 0 Å². The molecule has 0 bridgehead atoms. The fraction of sp³-hybridized carbons (Fsp3) is 0.941. The molecule has 3 heteroatoms. The quantitative estimate of drug-likeness (QED) is 0.802. The molecule has 2 atom stereocenters. The summed E-state index contributed by atoms with van der Waals surface area (Å²) in [7, 11) is 0. The number of amidine groups is 1. The first-order valence-electron chi connectivity index (χ1n) is 8.45. The Morgan fingerprint density at radius 1 is 1.25 bits per heavy atom. The molecule has 1 aliphatic heterocycles. The van der Waals surface area contributed by atoms with Gasteiger partial charge in [-0.25, -0.2) is 0 Å². The Kier molecular flexibility index (Phi) is 5.83. The number of nitrogens with one attached hydrogen (secondary N) is 1. The number of aliphatic imine (C=N–C) groups is 1. The van der Waals surface area contributed by atoms with Gasteiger partial charge in [-0.2, -0.15) is 0 Å². The predicted molar refractivity (Wildman–Crippen MR) is 91.5 cm³/mol. The number of hydrogen-bond acceptors (Lipinski definition) is 3. The van der Waals surface area contributed by atoms with Crippen LogP contribution in [0, 0.1) is 11.3 Å². The molecular weight excluding hydrogens is 264 g/mol. The monoisotopic (exact) mass is 296 g/mol. The molecule has 1 N–H and O–H groups in total. The van der Waals surface area contributed by atoms with Crippen molar-refractivity contribution < 1.29 is 0 Å². The molecule has 0 aromatic rings. The van der Waals surface area contributed by atoms with Gasteiger partial charge >= 0.3 is 0 Å². The van der Waals surface area contributed by atoms with Crippen LogP contribution >= 0.6 is 11.8 Å². The molecule has 0 aromatic carbocycles. The van der Waals surface area contributed by atoms with Gasteiger partial charge in [0.15, 0.2) is 5.17 Å². The van der Waals surface area contributed by atoms with Crippen molar-refractivity contribution in [2.45, 2.75) is 83.9 Å². The lowest BCUT2D eigenvalue weighted by Gasteiger charge is -2.31. The highest BCUT2D eigenvalue weighted by Gasteiger charge is 2.28. The van der Waals surface area contributed by atoms with Crippen LogP contribution in [-0.2, 0) is 0 Å². The summed E-state index contributed by atoms with van der Waals surface area (Å²) in [5.41, 5.74) is 0.413. The van der Waals surface area contributed by atoms with Crippen LogP contribution in [-0.4, -0.2) is 23.0 Å². The van der Waals surface area contributed by atoms with E-state index in [4.69, 9.17) is 4.99 Å². The van der Waals surface area contributed by atoms with Crippen molar-refractivity contribution in [2.75, 3.05) is 6.54 Å². The topological polar surface area (TPSA) is 24.4 Å². The molecule has 2 nitrogen and oxygen atoms in total. The van der Waals surface area contributed by atoms with Crippen LogP contribution in [0.1, 0.15) is 72.6 Å². The molecule has 1 fully saturated rings. The highest BCUT2D eigenvalue weighted by Crippen LogP contribution is 2.33. The summed E-state index contributed by atoms with van der Waals surface area (Å²) >= 11 is 1.98. The van der Waals surface area contributed by atoms with Crippen LogP contribution in [0.3, 0.4) is 0 Å². The van der Waals surface area contributed by atoms with E-state index in [9.17, 15) is 0 Å². The van der Waals surface area contributed by atoms with Crippen molar-refractivity contribution in [1.82, 2.24) is 5.32 Å². The fourth-order valence-corrected chi connectivity index (χ4v) is 4.95. The molecule has 0 saturated heterocycles. The van der Waals surface area contributed by atoms with Gasteiger partial charge in [-0.05, 0) is 37.0 Å². The Hall–Kier alpha value is -0.180. The summed E-state index contributed by atoms with van der Waals surface area (Å²) in [6.45, 7) is 10.3. The maximum atomic E-state index is 4.75. The minimum Gasteiger partial charge on any atom is -0.362 e. The second-order valence-electron chi connectivity index (χ2n) is 7.71. The zero-order valence-electron chi connectivity index (χ0n) is 13.7. The molecule has 1 aliphatic carbocycles. The Morgan fingerprint density at radius 2 is 1.95 bits per heavy atom. The lowest BCUT2D eigenvalue weighted by atomic mass is 9.83. The molecule has 0 amide bonds. The van der Waals surface area contributed by atoms with Crippen LogP contribution in [0.25, 0.3) is 0 Å². The standard InChI is InChI=1S/C17H32N2S/c1-5-15(13-9-7-6-8-10-13)19-16-18-12-14(20-16)11-17(2,3)4/h13-15H,5-12H2,1-4H3,(H,18,19). The summed E-state index contributed by atoms with van der Waals surface area (Å²) < 4.78 is 0. The molecule has 116 valence electrons. The third-order valence-electron chi connectivity index (χ3n) is 4.52. The van der Waals surface area contributed by atoms with E-state index in [-0.39, 0.29) is 0 Å². The second kappa shape index (κ2) is 7.20. The number of thioether (sulfide) groups is 1. The number of hydrogen-bond donors (Lipinski definition) is 1. The number of nitrogens with zero attached hydrogens (tertiary/aromatic N) is 1. The van der Waals surface area contributed by atoms with Gasteiger partial charge < -0.3 is 5.32 Å². The van der Waals surface area contributed by atoms with Gasteiger partial charge in [-0.15, -0.1) is 0 Å². The minimum absolute atomic E-state index is 0.413. The summed E-state index contributed by atoms with van der Waals surface area (Å²) in [6, 6.07) is 0.648. The zero-order chi connectivity index (χ0) is 14.6. The van der Waals surface area contributed by atoms with Crippen LogP contribution in [0.15, 0.2) is 4.99 Å². The first-order valence-corrected chi connectivity index (χ1v) is 9.33. The predicted octanol–water partition coefficient (Wildman–Crippen LogP) is 4.84. The molecule has 0 spiro atoms. The summed E-state index contributed by atoms with van der Waals surface area (Å²) in [4.78, 5) is 4.75. The molecule has 1 heterocycles. The van der Waals surface area contributed by atoms with Crippen molar-refractivity contribution in [1.29, 1.82) is 0 Å². The van der Waals surface area contributed by atoms with Gasteiger partial charge in [-0.3, -0.25) is 4.99 Å². The zero-order valence-corrected chi connectivity index (χ0v) is 14.6. The average Bonchev–Trinajstić information content (AvgIpc) is 2.82. The molecule has 20 heavy (non-hydrogen) atoms.